The highest BCUT2D eigenvalue weighted by Crippen LogP contribution is 2.29. The van der Waals surface area contributed by atoms with E-state index in [1.165, 1.54) is 5.56 Å². The zero-order valence-corrected chi connectivity index (χ0v) is 22.3. The minimum atomic E-state index is -0.548. The van der Waals surface area contributed by atoms with Crippen LogP contribution in [0.5, 0.6) is 11.5 Å². The van der Waals surface area contributed by atoms with Crippen LogP contribution < -0.4 is 14.8 Å². The van der Waals surface area contributed by atoms with Crippen LogP contribution in [0.25, 0.3) is 0 Å². The third-order valence-electron chi connectivity index (χ3n) is 6.24. The molecule has 1 N–H and O–H groups in total. The molecule has 2 amide bonds. The minimum absolute atomic E-state index is 0.0797. The zero-order chi connectivity index (χ0) is 26.0. The first-order valence-electron chi connectivity index (χ1n) is 12.8. The summed E-state index contributed by atoms with van der Waals surface area (Å²) in [6.07, 6.45) is 0.649. The van der Waals surface area contributed by atoms with Crippen molar-refractivity contribution in [3.05, 3.63) is 95.1 Å². The third-order valence-corrected chi connectivity index (χ3v) is 7.33. The molecule has 0 saturated carbocycles. The summed E-state index contributed by atoms with van der Waals surface area (Å²) >= 11 is 1.67. The Balaban J connectivity index is 1.40. The number of thioether (sulfide) groups is 1. The highest BCUT2D eigenvalue weighted by molar-refractivity contribution is 7.98. The normalized spacial score (nSPS) is 13.2. The van der Waals surface area contributed by atoms with Crippen LogP contribution in [0, 0.1) is 0 Å². The average molecular weight is 519 g/mol. The van der Waals surface area contributed by atoms with Crippen molar-refractivity contribution in [1.82, 2.24) is 10.2 Å². The summed E-state index contributed by atoms with van der Waals surface area (Å²) in [4.78, 5) is 28.3. The van der Waals surface area contributed by atoms with Gasteiger partial charge in [0.05, 0.1) is 13.2 Å². The maximum Gasteiger partial charge on any atom is 0.255 e. The summed E-state index contributed by atoms with van der Waals surface area (Å²) in [5, 5.41) is 3.08. The molecule has 37 heavy (non-hydrogen) atoms. The van der Waals surface area contributed by atoms with Crippen LogP contribution in [0.15, 0.2) is 72.8 Å². The van der Waals surface area contributed by atoms with Gasteiger partial charge in [-0.1, -0.05) is 54.6 Å². The lowest BCUT2D eigenvalue weighted by atomic mass is 10.1. The maximum atomic E-state index is 13.4. The summed E-state index contributed by atoms with van der Waals surface area (Å²) in [7, 11) is 0. The predicted molar refractivity (Wildman–Crippen MR) is 148 cm³/mol. The second kappa shape index (κ2) is 13.2. The lowest BCUT2D eigenvalue weighted by Gasteiger charge is -2.27. The summed E-state index contributed by atoms with van der Waals surface area (Å²) in [6.45, 7) is 5.92. The van der Waals surface area contributed by atoms with Crippen LogP contribution in [-0.2, 0) is 23.5 Å². The fourth-order valence-electron chi connectivity index (χ4n) is 4.40. The van der Waals surface area contributed by atoms with Crippen molar-refractivity contribution in [3.8, 4) is 11.5 Å². The molecule has 0 aromatic heterocycles. The lowest BCUT2D eigenvalue weighted by molar-refractivity contribution is -0.124. The number of hydrogen-bond donors (Lipinski definition) is 1. The van der Waals surface area contributed by atoms with E-state index in [1.807, 2.05) is 74.5 Å². The minimum Gasteiger partial charge on any atom is -0.490 e. The number of rotatable bonds is 13. The molecule has 6 nitrogen and oxygen atoms in total. The van der Waals surface area contributed by atoms with Crippen molar-refractivity contribution < 1.29 is 19.1 Å². The highest BCUT2D eigenvalue weighted by Gasteiger charge is 2.36. The molecule has 1 aliphatic heterocycles. The van der Waals surface area contributed by atoms with Gasteiger partial charge in [0.25, 0.3) is 5.91 Å². The first-order valence-corrected chi connectivity index (χ1v) is 13.9. The summed E-state index contributed by atoms with van der Waals surface area (Å²) in [6, 6.07) is 23.1. The molecule has 0 aliphatic carbocycles. The van der Waals surface area contributed by atoms with Gasteiger partial charge in [0.2, 0.25) is 5.91 Å². The number of nitrogens with zero attached hydrogens (tertiary/aromatic N) is 1. The molecule has 3 aromatic rings. The Hall–Kier alpha value is -3.45. The van der Waals surface area contributed by atoms with E-state index in [4.69, 9.17) is 9.47 Å². The predicted octanol–water partition coefficient (Wildman–Crippen LogP) is 5.10. The molecule has 0 spiro atoms. The Morgan fingerprint density at radius 2 is 1.68 bits per heavy atom. The molecule has 0 bridgehead atoms. The molecular formula is C30H34N2O4S. The van der Waals surface area contributed by atoms with Gasteiger partial charge in [0.15, 0.2) is 11.5 Å². The van der Waals surface area contributed by atoms with Crippen molar-refractivity contribution in [2.45, 2.75) is 38.6 Å². The van der Waals surface area contributed by atoms with Crippen LogP contribution in [-0.4, -0.2) is 48.3 Å². The van der Waals surface area contributed by atoms with Gasteiger partial charge < -0.3 is 19.7 Å². The van der Waals surface area contributed by atoms with Gasteiger partial charge in [-0.2, -0.15) is 11.8 Å². The first kappa shape index (κ1) is 26.6. The van der Waals surface area contributed by atoms with E-state index in [-0.39, 0.29) is 11.8 Å². The van der Waals surface area contributed by atoms with Gasteiger partial charge in [-0.3, -0.25) is 9.59 Å². The second-order valence-electron chi connectivity index (χ2n) is 8.79. The first-order chi connectivity index (χ1) is 18.1. The van der Waals surface area contributed by atoms with Gasteiger partial charge in [0.1, 0.15) is 6.04 Å². The number of amides is 2. The fourth-order valence-corrected chi connectivity index (χ4v) is 5.50. The molecule has 7 heteroatoms. The Kier molecular flexibility index (Phi) is 9.49. The van der Waals surface area contributed by atoms with Gasteiger partial charge in [0, 0.05) is 30.2 Å². The summed E-state index contributed by atoms with van der Waals surface area (Å²) in [5.41, 5.74) is 3.90. The molecule has 0 saturated heterocycles. The smallest absolute Gasteiger partial charge is 0.255 e. The Labute approximate surface area is 223 Å². The second-order valence-corrected chi connectivity index (χ2v) is 9.83. The van der Waals surface area contributed by atoms with Gasteiger partial charge in [-0.05, 0) is 55.2 Å². The number of nitrogens with one attached hydrogen (secondary N) is 1. The summed E-state index contributed by atoms with van der Waals surface area (Å²) in [5.74, 6) is 2.54. The van der Waals surface area contributed by atoms with E-state index in [9.17, 15) is 9.59 Å². The molecule has 4 rings (SSSR count). The van der Waals surface area contributed by atoms with E-state index in [0.29, 0.717) is 49.8 Å². The van der Waals surface area contributed by atoms with Crippen molar-refractivity contribution >= 4 is 23.6 Å². The maximum absolute atomic E-state index is 13.4. The highest BCUT2D eigenvalue weighted by atomic mass is 32.2. The van der Waals surface area contributed by atoms with Crippen LogP contribution in [0.4, 0.5) is 0 Å². The molecule has 1 atom stereocenters. The van der Waals surface area contributed by atoms with Gasteiger partial charge >= 0.3 is 0 Å². The van der Waals surface area contributed by atoms with E-state index in [0.717, 1.165) is 22.6 Å². The monoisotopic (exact) mass is 518 g/mol. The van der Waals surface area contributed by atoms with E-state index >= 15 is 0 Å². The average Bonchev–Trinajstić information content (AvgIpc) is 3.25. The van der Waals surface area contributed by atoms with Crippen molar-refractivity contribution in [1.29, 1.82) is 0 Å². The van der Waals surface area contributed by atoms with Crippen LogP contribution in [0.1, 0.15) is 40.9 Å². The quantitative estimate of drug-likeness (QED) is 0.341. The number of hydrogen-bond acceptors (Lipinski definition) is 5. The molecule has 1 unspecified atom stereocenters. The Morgan fingerprint density at radius 3 is 2.43 bits per heavy atom. The fraction of sp³-hybridized carbons (Fsp3) is 0.333. The lowest BCUT2D eigenvalue weighted by Crippen LogP contribution is -2.49. The largest absolute Gasteiger partial charge is 0.490 e. The zero-order valence-electron chi connectivity index (χ0n) is 21.4. The SMILES string of the molecule is CCOc1ccc(CCNC(=O)C(CSCc2ccccc2)N2Cc3ccccc3C2=O)cc1OCC. The number of fused-ring (bicyclic) bond motifs is 1. The molecule has 3 aromatic carbocycles. The van der Waals surface area contributed by atoms with Crippen molar-refractivity contribution in [2.75, 3.05) is 25.5 Å². The van der Waals surface area contributed by atoms with E-state index < -0.39 is 6.04 Å². The topological polar surface area (TPSA) is 67.9 Å². The number of carbonyl (C=O) groups is 2. The summed E-state index contributed by atoms with van der Waals surface area (Å²) < 4.78 is 11.4. The standard InChI is InChI=1S/C30H34N2O4S/c1-3-35-27-15-14-22(18-28(27)36-4-2)16-17-31-29(33)26(21-37-20-23-10-6-5-7-11-23)32-19-24-12-8-9-13-25(24)30(32)34/h5-15,18,26H,3-4,16-17,19-21H2,1-2H3,(H,31,33). The third kappa shape index (κ3) is 6.86. The number of benzene rings is 3. The molecule has 0 radical (unpaired) electrons. The molecule has 194 valence electrons. The molecular weight excluding hydrogens is 484 g/mol. The van der Waals surface area contributed by atoms with Gasteiger partial charge in [-0.25, -0.2) is 0 Å². The van der Waals surface area contributed by atoms with Crippen molar-refractivity contribution in [3.63, 3.8) is 0 Å². The molecule has 0 fully saturated rings. The van der Waals surface area contributed by atoms with E-state index in [2.05, 4.69) is 17.4 Å². The number of ether oxygens (including phenoxy) is 2. The molecule has 1 heterocycles. The van der Waals surface area contributed by atoms with Crippen molar-refractivity contribution in [2.24, 2.45) is 0 Å². The number of carbonyl (C=O) groups excluding carboxylic acids is 2. The Bertz CT molecular complexity index is 1200. The van der Waals surface area contributed by atoms with Crippen LogP contribution >= 0.6 is 11.8 Å². The molecule has 1 aliphatic rings. The van der Waals surface area contributed by atoms with Gasteiger partial charge in [-0.15, -0.1) is 0 Å². The van der Waals surface area contributed by atoms with Crippen LogP contribution in [0.2, 0.25) is 0 Å². The van der Waals surface area contributed by atoms with Crippen LogP contribution in [0.3, 0.4) is 0 Å². The van der Waals surface area contributed by atoms with E-state index in [1.54, 1.807) is 16.7 Å². The Morgan fingerprint density at radius 1 is 0.946 bits per heavy atom.